The maximum absolute atomic E-state index is 7.48. The third kappa shape index (κ3) is 3.94. The Balaban J connectivity index is 1.25. The van der Waals surface area contributed by atoms with Gasteiger partial charge in [0.1, 0.15) is 5.75 Å². The van der Waals surface area contributed by atoms with E-state index in [2.05, 4.69) is 98.8 Å². The van der Waals surface area contributed by atoms with E-state index >= 15 is 0 Å². The average Bonchev–Trinajstić information content (AvgIpc) is 3.30. The SMILES string of the molecule is CCC(C)c1ccc(OC(OC23CC4CC(CC(C4)C2)C3)C2c3ccccc3-c3ccccc32)c2ccccc12. The van der Waals surface area contributed by atoms with Gasteiger partial charge in [0.05, 0.1) is 11.5 Å². The second kappa shape index (κ2) is 9.48. The molecule has 0 N–H and O–H groups in total. The van der Waals surface area contributed by atoms with Gasteiger partial charge in [-0.15, -0.1) is 0 Å². The van der Waals surface area contributed by atoms with Gasteiger partial charge in [-0.1, -0.05) is 92.7 Å². The van der Waals surface area contributed by atoms with Crippen molar-refractivity contribution < 1.29 is 9.47 Å². The van der Waals surface area contributed by atoms with E-state index in [0.717, 1.165) is 29.9 Å². The van der Waals surface area contributed by atoms with Crippen LogP contribution in [0.1, 0.15) is 87.3 Å². The second-order valence-corrected chi connectivity index (χ2v) is 13.4. The summed E-state index contributed by atoms with van der Waals surface area (Å²) in [5, 5.41) is 2.49. The van der Waals surface area contributed by atoms with Crippen molar-refractivity contribution in [2.24, 2.45) is 17.8 Å². The Kier molecular flexibility index (Phi) is 5.85. The Morgan fingerprint density at radius 1 is 0.700 bits per heavy atom. The predicted molar refractivity (Wildman–Crippen MR) is 163 cm³/mol. The zero-order valence-corrected chi connectivity index (χ0v) is 23.8. The summed E-state index contributed by atoms with van der Waals surface area (Å²) < 4.78 is 14.7. The van der Waals surface area contributed by atoms with Gasteiger partial charge in [-0.2, -0.15) is 0 Å². The molecular formula is C38H40O2. The quantitative estimate of drug-likeness (QED) is 0.222. The smallest absolute Gasteiger partial charge is 0.211 e. The molecule has 2 atom stereocenters. The maximum atomic E-state index is 7.48. The highest BCUT2D eigenvalue weighted by Crippen LogP contribution is 2.59. The van der Waals surface area contributed by atoms with Gasteiger partial charge in [0.2, 0.25) is 6.29 Å². The third-order valence-electron chi connectivity index (χ3n) is 10.8. The molecule has 5 aliphatic rings. The highest BCUT2D eigenvalue weighted by atomic mass is 16.7. The van der Waals surface area contributed by atoms with Gasteiger partial charge >= 0.3 is 0 Å². The molecule has 4 fully saturated rings. The molecule has 40 heavy (non-hydrogen) atoms. The molecule has 4 bridgehead atoms. The predicted octanol–water partition coefficient (Wildman–Crippen LogP) is 9.86. The molecule has 0 spiro atoms. The number of hydrogen-bond donors (Lipinski definition) is 0. The van der Waals surface area contributed by atoms with Crippen LogP contribution < -0.4 is 4.74 Å². The zero-order valence-electron chi connectivity index (χ0n) is 23.8. The molecule has 0 amide bonds. The van der Waals surface area contributed by atoms with E-state index in [1.807, 2.05) is 0 Å². The van der Waals surface area contributed by atoms with Crippen LogP contribution in [0.5, 0.6) is 5.75 Å². The van der Waals surface area contributed by atoms with E-state index in [0.29, 0.717) is 5.92 Å². The number of hydrogen-bond acceptors (Lipinski definition) is 2. The van der Waals surface area contributed by atoms with Crippen LogP contribution in [0.4, 0.5) is 0 Å². The molecule has 4 saturated carbocycles. The van der Waals surface area contributed by atoms with Gasteiger partial charge in [-0.05, 0) is 108 Å². The van der Waals surface area contributed by atoms with Crippen molar-refractivity contribution in [3.63, 3.8) is 0 Å². The molecule has 4 aromatic carbocycles. The largest absolute Gasteiger partial charge is 0.463 e. The summed E-state index contributed by atoms with van der Waals surface area (Å²) in [6.07, 6.45) is 8.56. The van der Waals surface area contributed by atoms with Crippen LogP contribution in [-0.2, 0) is 4.74 Å². The minimum absolute atomic E-state index is 0.0495. The van der Waals surface area contributed by atoms with Gasteiger partial charge in [0, 0.05) is 5.39 Å². The van der Waals surface area contributed by atoms with Crippen molar-refractivity contribution in [3.05, 3.63) is 102 Å². The minimum Gasteiger partial charge on any atom is -0.463 e. The van der Waals surface area contributed by atoms with Gasteiger partial charge in [-0.25, -0.2) is 0 Å². The molecule has 2 unspecified atom stereocenters. The summed E-state index contributed by atoms with van der Waals surface area (Å²) in [5.74, 6) is 3.97. The zero-order chi connectivity index (χ0) is 26.8. The first-order valence-corrected chi connectivity index (χ1v) is 15.6. The van der Waals surface area contributed by atoms with Crippen LogP contribution in [0.2, 0.25) is 0 Å². The fourth-order valence-electron chi connectivity index (χ4n) is 9.24. The summed E-state index contributed by atoms with van der Waals surface area (Å²) in [6.45, 7) is 4.60. The molecule has 0 aliphatic heterocycles. The van der Waals surface area contributed by atoms with Crippen molar-refractivity contribution in [1.82, 2.24) is 0 Å². The fourth-order valence-corrected chi connectivity index (χ4v) is 9.24. The molecule has 2 heteroatoms. The second-order valence-electron chi connectivity index (χ2n) is 13.4. The molecular weight excluding hydrogens is 488 g/mol. The van der Waals surface area contributed by atoms with Crippen LogP contribution in [0.25, 0.3) is 21.9 Å². The number of rotatable bonds is 7. The third-order valence-corrected chi connectivity index (χ3v) is 10.8. The summed E-state index contributed by atoms with van der Waals surface area (Å²) in [5.41, 5.74) is 6.65. The molecule has 4 aromatic rings. The van der Waals surface area contributed by atoms with E-state index in [-0.39, 0.29) is 17.8 Å². The van der Waals surface area contributed by atoms with Crippen LogP contribution in [-0.4, -0.2) is 11.9 Å². The normalized spacial score (nSPS) is 27.9. The molecule has 204 valence electrons. The Bertz CT molecular complexity index is 1490. The summed E-state index contributed by atoms with van der Waals surface area (Å²) in [4.78, 5) is 0. The van der Waals surface area contributed by atoms with Crippen molar-refractivity contribution >= 4 is 10.8 Å². The maximum Gasteiger partial charge on any atom is 0.211 e. The highest BCUT2D eigenvalue weighted by molar-refractivity contribution is 5.91. The first kappa shape index (κ1) is 24.7. The van der Waals surface area contributed by atoms with Crippen LogP contribution in [0, 0.1) is 17.8 Å². The highest BCUT2D eigenvalue weighted by Gasteiger charge is 2.54. The van der Waals surface area contributed by atoms with Crippen molar-refractivity contribution in [3.8, 4) is 16.9 Å². The van der Waals surface area contributed by atoms with Gasteiger partial charge in [0.15, 0.2) is 0 Å². The lowest BCUT2D eigenvalue weighted by molar-refractivity contribution is -0.235. The Hall–Kier alpha value is -3.10. The Labute approximate surface area is 238 Å². The average molecular weight is 529 g/mol. The lowest BCUT2D eigenvalue weighted by atomic mass is 9.54. The van der Waals surface area contributed by atoms with Gasteiger partial charge in [0.25, 0.3) is 0 Å². The molecule has 5 aliphatic carbocycles. The van der Waals surface area contributed by atoms with Gasteiger partial charge in [-0.3, -0.25) is 0 Å². The van der Waals surface area contributed by atoms with Crippen LogP contribution in [0.15, 0.2) is 84.9 Å². The Morgan fingerprint density at radius 3 is 1.85 bits per heavy atom. The minimum atomic E-state index is -0.376. The van der Waals surface area contributed by atoms with Crippen molar-refractivity contribution in [2.45, 2.75) is 82.5 Å². The number of ether oxygens (including phenoxy) is 2. The summed E-state index contributed by atoms with van der Waals surface area (Å²) in [7, 11) is 0. The van der Waals surface area contributed by atoms with Crippen molar-refractivity contribution in [2.75, 3.05) is 0 Å². The lowest BCUT2D eigenvalue weighted by Gasteiger charge is -2.57. The van der Waals surface area contributed by atoms with E-state index < -0.39 is 0 Å². The lowest BCUT2D eigenvalue weighted by Crippen LogP contribution is -2.54. The van der Waals surface area contributed by atoms with E-state index in [1.165, 1.54) is 77.1 Å². The Morgan fingerprint density at radius 2 is 1.25 bits per heavy atom. The van der Waals surface area contributed by atoms with E-state index in [4.69, 9.17) is 9.47 Å². The number of fused-ring (bicyclic) bond motifs is 4. The molecule has 0 aromatic heterocycles. The standard InChI is InChI=1S/C38H40O2/c1-3-24(2)28-16-17-35(32-13-7-4-10-29(28)32)39-37(40-38-21-25-18-26(22-38)20-27(19-25)23-38)36-33-14-8-5-11-30(33)31-12-6-9-15-34(31)36/h4-17,24-27,36-37H,3,18-23H2,1-2H3. The van der Waals surface area contributed by atoms with Gasteiger partial charge < -0.3 is 9.47 Å². The monoisotopic (exact) mass is 528 g/mol. The molecule has 9 rings (SSSR count). The summed E-state index contributed by atoms with van der Waals surface area (Å²) in [6, 6.07) is 31.1. The summed E-state index contributed by atoms with van der Waals surface area (Å²) >= 11 is 0. The first-order chi connectivity index (χ1) is 19.6. The fraction of sp³-hybridized carbons (Fsp3) is 0.421. The van der Waals surface area contributed by atoms with E-state index in [9.17, 15) is 0 Å². The molecule has 0 radical (unpaired) electrons. The van der Waals surface area contributed by atoms with Crippen molar-refractivity contribution in [1.29, 1.82) is 0 Å². The van der Waals surface area contributed by atoms with Crippen LogP contribution >= 0.6 is 0 Å². The molecule has 2 nitrogen and oxygen atoms in total. The topological polar surface area (TPSA) is 18.5 Å². The number of benzene rings is 4. The molecule has 0 saturated heterocycles. The first-order valence-electron chi connectivity index (χ1n) is 15.6. The van der Waals surface area contributed by atoms with E-state index in [1.54, 1.807) is 0 Å². The molecule has 0 heterocycles. The van der Waals surface area contributed by atoms with Crippen LogP contribution in [0.3, 0.4) is 0 Å².